The van der Waals surface area contributed by atoms with E-state index in [1.165, 1.54) is 23.3 Å². The lowest BCUT2D eigenvalue weighted by Crippen LogP contribution is -2.31. The Kier molecular flexibility index (Phi) is 3.24. The highest BCUT2D eigenvalue weighted by molar-refractivity contribution is 7.12. The average molecular weight is 213 g/mol. The summed E-state index contributed by atoms with van der Waals surface area (Å²) in [5, 5.41) is 10.3. The zero-order chi connectivity index (χ0) is 10.7. The predicted molar refractivity (Wildman–Crippen MR) is 53.7 cm³/mol. The Labute approximate surface area is 85.8 Å². The van der Waals surface area contributed by atoms with Gasteiger partial charge >= 0.3 is 5.97 Å². The van der Waals surface area contributed by atoms with Crippen molar-refractivity contribution < 1.29 is 14.7 Å². The standard InChI is InChI=1S/C9H11NO3S/c1-6-3-4-14-8(6)9(13)10(2)5-7(11)12/h3-4H,5H2,1-2H3,(H,11,12). The van der Waals surface area contributed by atoms with E-state index in [2.05, 4.69) is 0 Å². The van der Waals surface area contributed by atoms with Crippen LogP contribution in [0.3, 0.4) is 0 Å². The van der Waals surface area contributed by atoms with Crippen LogP contribution in [0.4, 0.5) is 0 Å². The van der Waals surface area contributed by atoms with Crippen molar-refractivity contribution in [3.8, 4) is 0 Å². The molecule has 0 fully saturated rings. The SMILES string of the molecule is Cc1ccsc1C(=O)N(C)CC(=O)O. The van der Waals surface area contributed by atoms with Gasteiger partial charge in [-0.15, -0.1) is 11.3 Å². The van der Waals surface area contributed by atoms with Gasteiger partial charge in [-0.1, -0.05) is 0 Å². The molecule has 0 saturated carbocycles. The summed E-state index contributed by atoms with van der Waals surface area (Å²) in [6, 6.07) is 1.84. The minimum absolute atomic E-state index is 0.236. The van der Waals surface area contributed by atoms with Crippen molar-refractivity contribution in [1.82, 2.24) is 4.90 Å². The first-order valence-corrected chi connectivity index (χ1v) is 4.91. The highest BCUT2D eigenvalue weighted by Gasteiger charge is 2.16. The first-order chi connectivity index (χ1) is 6.52. The number of carbonyl (C=O) groups excluding carboxylic acids is 1. The molecule has 0 aliphatic rings. The molecule has 0 atom stereocenters. The molecule has 0 radical (unpaired) electrons. The van der Waals surface area contributed by atoms with E-state index in [-0.39, 0.29) is 12.5 Å². The third-order valence-corrected chi connectivity index (χ3v) is 2.78. The minimum Gasteiger partial charge on any atom is -0.480 e. The van der Waals surface area contributed by atoms with Crippen LogP contribution in [0.15, 0.2) is 11.4 Å². The molecule has 76 valence electrons. The minimum atomic E-state index is -1.00. The molecule has 1 amide bonds. The molecule has 0 bridgehead atoms. The molecule has 14 heavy (non-hydrogen) atoms. The van der Waals surface area contributed by atoms with E-state index >= 15 is 0 Å². The summed E-state index contributed by atoms with van der Waals surface area (Å²) in [7, 11) is 1.48. The Morgan fingerprint density at radius 2 is 2.21 bits per heavy atom. The maximum atomic E-state index is 11.6. The van der Waals surface area contributed by atoms with E-state index in [9.17, 15) is 9.59 Å². The highest BCUT2D eigenvalue weighted by Crippen LogP contribution is 2.17. The zero-order valence-corrected chi connectivity index (χ0v) is 8.80. The van der Waals surface area contributed by atoms with Gasteiger partial charge in [0, 0.05) is 7.05 Å². The molecular weight excluding hydrogens is 202 g/mol. The lowest BCUT2D eigenvalue weighted by molar-refractivity contribution is -0.137. The Morgan fingerprint density at radius 1 is 1.57 bits per heavy atom. The maximum Gasteiger partial charge on any atom is 0.323 e. The first kappa shape index (κ1) is 10.7. The van der Waals surface area contributed by atoms with Gasteiger partial charge in [0.05, 0.1) is 4.88 Å². The number of amides is 1. The van der Waals surface area contributed by atoms with Crippen LogP contribution in [-0.4, -0.2) is 35.5 Å². The predicted octanol–water partition coefficient (Wildman–Crippen LogP) is 1.21. The molecule has 1 heterocycles. The molecule has 0 aliphatic heterocycles. The molecule has 1 rings (SSSR count). The van der Waals surface area contributed by atoms with E-state index in [1.807, 2.05) is 18.4 Å². The Morgan fingerprint density at radius 3 is 2.64 bits per heavy atom. The number of carboxylic acids is 1. The van der Waals surface area contributed by atoms with Gasteiger partial charge in [0.15, 0.2) is 0 Å². The van der Waals surface area contributed by atoms with Crippen LogP contribution in [0.5, 0.6) is 0 Å². The summed E-state index contributed by atoms with van der Waals surface area (Å²) in [4.78, 5) is 23.8. The average Bonchev–Trinajstić information content (AvgIpc) is 2.48. The summed E-state index contributed by atoms with van der Waals surface area (Å²) in [5.74, 6) is -1.24. The van der Waals surface area contributed by atoms with Crippen LogP contribution in [0, 0.1) is 6.92 Å². The van der Waals surface area contributed by atoms with Crippen molar-refractivity contribution >= 4 is 23.2 Å². The Balaban J connectivity index is 2.76. The van der Waals surface area contributed by atoms with E-state index in [0.717, 1.165) is 5.56 Å². The van der Waals surface area contributed by atoms with Crippen LogP contribution in [0.1, 0.15) is 15.2 Å². The normalized spacial score (nSPS) is 9.86. The molecule has 0 aliphatic carbocycles. The van der Waals surface area contributed by atoms with Crippen LogP contribution in [0.25, 0.3) is 0 Å². The largest absolute Gasteiger partial charge is 0.480 e. The van der Waals surface area contributed by atoms with E-state index < -0.39 is 5.97 Å². The fourth-order valence-corrected chi connectivity index (χ4v) is 1.96. The summed E-state index contributed by atoms with van der Waals surface area (Å²) in [6.45, 7) is 1.56. The number of hydrogen-bond donors (Lipinski definition) is 1. The molecule has 0 unspecified atom stereocenters. The second-order valence-electron chi connectivity index (χ2n) is 2.99. The quantitative estimate of drug-likeness (QED) is 0.821. The molecule has 1 N–H and O–H groups in total. The number of hydrogen-bond acceptors (Lipinski definition) is 3. The topological polar surface area (TPSA) is 57.6 Å². The lowest BCUT2D eigenvalue weighted by atomic mass is 10.3. The summed E-state index contributed by atoms with van der Waals surface area (Å²) >= 11 is 1.33. The lowest BCUT2D eigenvalue weighted by Gasteiger charge is -2.13. The van der Waals surface area contributed by atoms with Crippen LogP contribution in [0.2, 0.25) is 0 Å². The number of likely N-dealkylation sites (N-methyl/N-ethyl adjacent to an activating group) is 1. The van der Waals surface area contributed by atoms with Gasteiger partial charge in [-0.2, -0.15) is 0 Å². The molecule has 0 spiro atoms. The fraction of sp³-hybridized carbons (Fsp3) is 0.333. The molecule has 0 saturated heterocycles. The molecular formula is C9H11NO3S. The van der Waals surface area contributed by atoms with Crippen LogP contribution < -0.4 is 0 Å². The zero-order valence-electron chi connectivity index (χ0n) is 7.98. The fourth-order valence-electron chi connectivity index (χ4n) is 1.04. The molecule has 4 nitrogen and oxygen atoms in total. The Bertz CT molecular complexity index is 359. The Hall–Kier alpha value is -1.36. The van der Waals surface area contributed by atoms with E-state index in [1.54, 1.807) is 0 Å². The van der Waals surface area contributed by atoms with Crippen LogP contribution in [-0.2, 0) is 4.79 Å². The summed E-state index contributed by atoms with van der Waals surface area (Å²) in [6.07, 6.45) is 0. The number of nitrogens with zero attached hydrogens (tertiary/aromatic N) is 1. The van der Waals surface area contributed by atoms with Gasteiger partial charge < -0.3 is 10.0 Å². The summed E-state index contributed by atoms with van der Waals surface area (Å²) in [5.41, 5.74) is 0.886. The number of carbonyl (C=O) groups is 2. The van der Waals surface area contributed by atoms with Gasteiger partial charge in [0.25, 0.3) is 5.91 Å². The van der Waals surface area contributed by atoms with Crippen molar-refractivity contribution in [3.05, 3.63) is 21.9 Å². The molecule has 5 heteroatoms. The van der Waals surface area contributed by atoms with Crippen molar-refractivity contribution in [2.24, 2.45) is 0 Å². The van der Waals surface area contributed by atoms with Gasteiger partial charge in [-0.05, 0) is 23.9 Å². The second-order valence-corrected chi connectivity index (χ2v) is 3.90. The third-order valence-electron chi connectivity index (χ3n) is 1.78. The summed E-state index contributed by atoms with van der Waals surface area (Å²) < 4.78 is 0. The number of thiophene rings is 1. The maximum absolute atomic E-state index is 11.6. The number of aliphatic carboxylic acids is 1. The number of rotatable bonds is 3. The smallest absolute Gasteiger partial charge is 0.323 e. The first-order valence-electron chi connectivity index (χ1n) is 4.03. The second kappa shape index (κ2) is 4.23. The van der Waals surface area contributed by atoms with Crippen molar-refractivity contribution in [1.29, 1.82) is 0 Å². The van der Waals surface area contributed by atoms with Crippen molar-refractivity contribution in [2.75, 3.05) is 13.6 Å². The molecule has 1 aromatic heterocycles. The monoisotopic (exact) mass is 213 g/mol. The number of carboxylic acid groups (broad SMARTS) is 1. The van der Waals surface area contributed by atoms with Gasteiger partial charge in [0.2, 0.25) is 0 Å². The number of aryl methyl sites for hydroxylation is 1. The van der Waals surface area contributed by atoms with Gasteiger partial charge in [-0.25, -0.2) is 0 Å². The third kappa shape index (κ3) is 2.32. The molecule has 0 aromatic carbocycles. The van der Waals surface area contributed by atoms with Crippen molar-refractivity contribution in [3.63, 3.8) is 0 Å². The van der Waals surface area contributed by atoms with E-state index in [0.29, 0.717) is 4.88 Å². The highest BCUT2D eigenvalue weighted by atomic mass is 32.1. The van der Waals surface area contributed by atoms with Gasteiger partial charge in [-0.3, -0.25) is 9.59 Å². The van der Waals surface area contributed by atoms with Gasteiger partial charge in [0.1, 0.15) is 6.54 Å². The molecule has 1 aromatic rings. The van der Waals surface area contributed by atoms with Crippen LogP contribution >= 0.6 is 11.3 Å². The van der Waals surface area contributed by atoms with E-state index in [4.69, 9.17) is 5.11 Å². The van der Waals surface area contributed by atoms with Crippen molar-refractivity contribution in [2.45, 2.75) is 6.92 Å².